The van der Waals surface area contributed by atoms with Crippen molar-refractivity contribution in [3.63, 3.8) is 0 Å². The van der Waals surface area contributed by atoms with Crippen molar-refractivity contribution in [2.75, 3.05) is 38.9 Å². The van der Waals surface area contributed by atoms with Crippen molar-refractivity contribution >= 4 is 34.5 Å². The van der Waals surface area contributed by atoms with Gasteiger partial charge in [-0.25, -0.2) is 4.98 Å². The van der Waals surface area contributed by atoms with Gasteiger partial charge in [0.1, 0.15) is 11.6 Å². The number of pyridine rings is 1. The van der Waals surface area contributed by atoms with Gasteiger partial charge in [0.25, 0.3) is 0 Å². The molecule has 0 fully saturated rings. The number of allylic oxidation sites excluding steroid dienone is 1. The lowest BCUT2D eigenvalue weighted by Crippen LogP contribution is -2.21. The largest absolute Gasteiger partial charge is 0.496 e. The first-order valence-corrected chi connectivity index (χ1v) is 10.7. The second-order valence-electron chi connectivity index (χ2n) is 8.14. The molecule has 0 saturated heterocycles. The predicted molar refractivity (Wildman–Crippen MR) is 131 cm³/mol. The molecule has 0 spiro atoms. The van der Waals surface area contributed by atoms with Crippen LogP contribution in [0.15, 0.2) is 42.7 Å². The van der Waals surface area contributed by atoms with Crippen LogP contribution >= 0.6 is 0 Å². The number of anilines is 3. The Morgan fingerprint density at radius 1 is 1.15 bits per heavy atom. The Kier molecular flexibility index (Phi) is 6.26. The maximum absolute atomic E-state index is 12.7. The predicted octanol–water partition coefficient (Wildman–Crippen LogP) is 3.92. The second kappa shape index (κ2) is 9.28. The molecule has 2 N–H and O–H groups in total. The fourth-order valence-electron chi connectivity index (χ4n) is 3.99. The van der Waals surface area contributed by atoms with E-state index in [1.165, 1.54) is 0 Å². The van der Waals surface area contributed by atoms with Gasteiger partial charge in [-0.3, -0.25) is 9.78 Å². The molecule has 0 aliphatic heterocycles. The fourth-order valence-corrected chi connectivity index (χ4v) is 3.99. The van der Waals surface area contributed by atoms with Gasteiger partial charge >= 0.3 is 0 Å². The molecule has 1 aliphatic carbocycles. The number of methoxy groups -OCH3 is 1. The van der Waals surface area contributed by atoms with Gasteiger partial charge in [0, 0.05) is 63.0 Å². The van der Waals surface area contributed by atoms with E-state index in [1.54, 1.807) is 32.3 Å². The number of hydrogen-bond donors (Lipinski definition) is 2. The number of rotatable bonds is 7. The Hall–Kier alpha value is -3.94. The van der Waals surface area contributed by atoms with Crippen LogP contribution in [0.4, 0.5) is 17.5 Å². The third kappa shape index (κ3) is 4.64. The highest BCUT2D eigenvalue weighted by Gasteiger charge is 2.27. The van der Waals surface area contributed by atoms with Crippen LogP contribution in [0.5, 0.6) is 5.75 Å². The molecule has 2 heterocycles. The van der Waals surface area contributed by atoms with Crippen LogP contribution in [0.3, 0.4) is 0 Å². The molecule has 0 unspecified atom stereocenters. The summed E-state index contributed by atoms with van der Waals surface area (Å²) in [6.07, 6.45) is 4.64. The van der Waals surface area contributed by atoms with Crippen LogP contribution in [-0.2, 0) is 11.2 Å². The average molecular weight is 445 g/mol. The van der Waals surface area contributed by atoms with E-state index in [1.807, 2.05) is 50.5 Å². The summed E-state index contributed by atoms with van der Waals surface area (Å²) in [7, 11) is 7.03. The van der Waals surface area contributed by atoms with Crippen molar-refractivity contribution in [1.29, 1.82) is 0 Å². The lowest BCUT2D eigenvalue weighted by atomic mass is 9.96. The Balaban J connectivity index is 1.78. The molecule has 1 aromatic carbocycles. The molecule has 33 heavy (non-hydrogen) atoms. The molecule has 0 saturated carbocycles. The Bertz CT molecular complexity index is 1240. The minimum absolute atomic E-state index is 0.0492. The standard InChI is InChI=1S/C25H28N6O2/c1-15-10-23(26-2)30-25(28-15)29-17-6-7-22(33-5)21(12-17)19-11-16-14-27-9-8-18(16)20(19)13-24(32)31(3)4/h6-10,12,14H,11,13H2,1-5H3,(H2,26,28,29,30). The van der Waals surface area contributed by atoms with E-state index in [0.717, 1.165) is 50.8 Å². The minimum atomic E-state index is 0.0492. The highest BCUT2D eigenvalue weighted by molar-refractivity contribution is 6.04. The summed E-state index contributed by atoms with van der Waals surface area (Å²) in [6, 6.07) is 9.74. The van der Waals surface area contributed by atoms with Crippen molar-refractivity contribution in [3.8, 4) is 5.75 Å². The van der Waals surface area contributed by atoms with Gasteiger partial charge in [-0.1, -0.05) is 0 Å². The third-order valence-corrected chi connectivity index (χ3v) is 5.68. The zero-order valence-corrected chi connectivity index (χ0v) is 19.6. The average Bonchev–Trinajstić information content (AvgIpc) is 3.16. The first-order chi connectivity index (χ1) is 15.9. The van der Waals surface area contributed by atoms with E-state index >= 15 is 0 Å². The minimum Gasteiger partial charge on any atom is -0.496 e. The Labute approximate surface area is 193 Å². The molecule has 4 rings (SSSR count). The summed E-state index contributed by atoms with van der Waals surface area (Å²) in [5.74, 6) is 2.04. The summed E-state index contributed by atoms with van der Waals surface area (Å²) in [5, 5.41) is 6.35. The maximum atomic E-state index is 12.7. The van der Waals surface area contributed by atoms with E-state index in [-0.39, 0.29) is 5.91 Å². The Morgan fingerprint density at radius 2 is 1.97 bits per heavy atom. The molecule has 3 aromatic rings. The van der Waals surface area contributed by atoms with Crippen molar-refractivity contribution < 1.29 is 9.53 Å². The van der Waals surface area contributed by atoms with Crippen LogP contribution in [-0.4, -0.2) is 54.0 Å². The highest BCUT2D eigenvalue weighted by Crippen LogP contribution is 2.43. The summed E-state index contributed by atoms with van der Waals surface area (Å²) < 4.78 is 5.70. The van der Waals surface area contributed by atoms with E-state index in [9.17, 15) is 4.79 Å². The zero-order chi connectivity index (χ0) is 23.5. The number of nitrogens with one attached hydrogen (secondary N) is 2. The lowest BCUT2D eigenvalue weighted by molar-refractivity contribution is -0.127. The normalized spacial score (nSPS) is 12.4. The van der Waals surface area contributed by atoms with Gasteiger partial charge in [-0.2, -0.15) is 4.98 Å². The van der Waals surface area contributed by atoms with E-state index < -0.39 is 0 Å². The summed E-state index contributed by atoms with van der Waals surface area (Å²) >= 11 is 0. The number of nitrogens with zero attached hydrogens (tertiary/aromatic N) is 4. The van der Waals surface area contributed by atoms with Gasteiger partial charge < -0.3 is 20.3 Å². The number of carbonyl (C=O) groups excluding carboxylic acids is 1. The molecule has 0 bridgehead atoms. The molecule has 1 aliphatic rings. The number of aromatic nitrogens is 3. The van der Waals surface area contributed by atoms with E-state index in [0.29, 0.717) is 18.8 Å². The summed E-state index contributed by atoms with van der Waals surface area (Å²) in [4.78, 5) is 27.5. The number of hydrogen-bond acceptors (Lipinski definition) is 7. The highest BCUT2D eigenvalue weighted by atomic mass is 16.5. The molecular formula is C25H28N6O2. The van der Waals surface area contributed by atoms with Gasteiger partial charge in [0.15, 0.2) is 0 Å². The second-order valence-corrected chi connectivity index (χ2v) is 8.14. The molecule has 1 amide bonds. The molecule has 2 aromatic heterocycles. The van der Waals surface area contributed by atoms with Crippen LogP contribution in [0.25, 0.3) is 11.1 Å². The van der Waals surface area contributed by atoms with Gasteiger partial charge in [-0.15, -0.1) is 0 Å². The molecule has 0 atom stereocenters. The van der Waals surface area contributed by atoms with Crippen molar-refractivity contribution in [1.82, 2.24) is 19.9 Å². The van der Waals surface area contributed by atoms with Crippen LogP contribution in [0.2, 0.25) is 0 Å². The van der Waals surface area contributed by atoms with Gasteiger partial charge in [0.2, 0.25) is 11.9 Å². The fraction of sp³-hybridized carbons (Fsp3) is 0.280. The molecule has 8 nitrogen and oxygen atoms in total. The first kappa shape index (κ1) is 22.3. The SMILES string of the molecule is CNc1cc(C)nc(Nc2ccc(OC)c(C3=C(CC(=O)N(C)C)c4ccncc4C3)c2)n1. The van der Waals surface area contributed by atoms with Crippen molar-refractivity contribution in [3.05, 3.63) is 65.1 Å². The molecule has 8 heteroatoms. The molecular weight excluding hydrogens is 416 g/mol. The van der Waals surface area contributed by atoms with Crippen molar-refractivity contribution in [2.24, 2.45) is 0 Å². The molecule has 170 valence electrons. The quantitative estimate of drug-likeness (QED) is 0.571. The van der Waals surface area contributed by atoms with E-state index in [2.05, 4.69) is 25.6 Å². The first-order valence-electron chi connectivity index (χ1n) is 10.7. The topological polar surface area (TPSA) is 92.3 Å². The summed E-state index contributed by atoms with van der Waals surface area (Å²) in [5.41, 5.74) is 6.86. The smallest absolute Gasteiger partial charge is 0.229 e. The van der Waals surface area contributed by atoms with Crippen molar-refractivity contribution in [2.45, 2.75) is 19.8 Å². The van der Waals surface area contributed by atoms with Crippen LogP contribution in [0.1, 0.15) is 28.8 Å². The lowest BCUT2D eigenvalue weighted by Gasteiger charge is -2.16. The molecule has 0 radical (unpaired) electrons. The van der Waals surface area contributed by atoms with Gasteiger partial charge in [-0.05, 0) is 53.5 Å². The Morgan fingerprint density at radius 3 is 2.70 bits per heavy atom. The van der Waals surface area contributed by atoms with E-state index in [4.69, 9.17) is 4.74 Å². The number of fused-ring (bicyclic) bond motifs is 1. The number of ether oxygens (including phenoxy) is 1. The van der Waals surface area contributed by atoms with Crippen LogP contribution in [0, 0.1) is 6.92 Å². The number of aryl methyl sites for hydroxylation is 1. The van der Waals surface area contributed by atoms with Gasteiger partial charge in [0.05, 0.1) is 13.5 Å². The zero-order valence-electron chi connectivity index (χ0n) is 19.6. The van der Waals surface area contributed by atoms with Crippen LogP contribution < -0.4 is 15.4 Å². The number of carbonyl (C=O) groups is 1. The maximum Gasteiger partial charge on any atom is 0.229 e. The monoisotopic (exact) mass is 444 g/mol. The number of benzene rings is 1. The summed E-state index contributed by atoms with van der Waals surface area (Å²) in [6.45, 7) is 1.93. The number of amides is 1. The third-order valence-electron chi connectivity index (χ3n) is 5.68.